The smallest absolute Gasteiger partial charge is 0.251 e. The van der Waals surface area contributed by atoms with Gasteiger partial charge in [-0.1, -0.05) is 0 Å². The van der Waals surface area contributed by atoms with Crippen molar-refractivity contribution in [2.75, 3.05) is 19.6 Å². The van der Waals surface area contributed by atoms with E-state index < -0.39 is 0 Å². The third-order valence-electron chi connectivity index (χ3n) is 4.79. The van der Waals surface area contributed by atoms with Crippen LogP contribution >= 0.6 is 0 Å². The van der Waals surface area contributed by atoms with Crippen LogP contribution in [-0.2, 0) is 0 Å². The van der Waals surface area contributed by atoms with Gasteiger partial charge in [0.2, 0.25) is 0 Å². The number of amides is 1. The Morgan fingerprint density at radius 2 is 2.10 bits per heavy atom. The summed E-state index contributed by atoms with van der Waals surface area (Å²) in [6.07, 6.45) is 4.35. The summed E-state index contributed by atoms with van der Waals surface area (Å²) in [4.78, 5) is 18.0. The van der Waals surface area contributed by atoms with Crippen molar-refractivity contribution < 1.29 is 4.79 Å². The van der Waals surface area contributed by atoms with Crippen molar-refractivity contribution in [2.24, 2.45) is 5.92 Å². The number of aromatic nitrogens is 1. The van der Waals surface area contributed by atoms with Crippen LogP contribution in [0.2, 0.25) is 0 Å². The minimum Gasteiger partial charge on any atom is -0.361 e. The van der Waals surface area contributed by atoms with Crippen molar-refractivity contribution >= 4 is 16.8 Å². The van der Waals surface area contributed by atoms with E-state index in [-0.39, 0.29) is 5.91 Å². The average Bonchev–Trinajstić information content (AvgIpc) is 2.96. The largest absolute Gasteiger partial charge is 0.361 e. The Balaban J connectivity index is 1.52. The predicted octanol–water partition coefficient (Wildman–Crippen LogP) is 1.99. The number of hydrogen-bond acceptors (Lipinski definition) is 2. The Hall–Kier alpha value is -1.81. The Labute approximate surface area is 118 Å². The van der Waals surface area contributed by atoms with Gasteiger partial charge in [-0.3, -0.25) is 4.79 Å². The first kappa shape index (κ1) is 12.0. The molecule has 3 aliphatic rings. The highest BCUT2D eigenvalue weighted by Crippen LogP contribution is 2.27. The second kappa shape index (κ2) is 4.63. The molecule has 3 fully saturated rings. The van der Waals surface area contributed by atoms with Crippen molar-refractivity contribution in [1.82, 2.24) is 15.2 Å². The van der Waals surface area contributed by atoms with Crippen LogP contribution < -0.4 is 5.32 Å². The maximum Gasteiger partial charge on any atom is 0.251 e. The van der Waals surface area contributed by atoms with Crippen LogP contribution in [0.4, 0.5) is 0 Å². The van der Waals surface area contributed by atoms with Crippen molar-refractivity contribution in [1.29, 1.82) is 0 Å². The van der Waals surface area contributed by atoms with Crippen molar-refractivity contribution in [3.8, 4) is 0 Å². The van der Waals surface area contributed by atoms with Crippen LogP contribution in [0.15, 0.2) is 30.5 Å². The molecular formula is C16H19N3O. The van der Waals surface area contributed by atoms with Crippen molar-refractivity contribution in [3.05, 3.63) is 36.0 Å². The molecule has 2 N–H and O–H groups in total. The molecule has 2 aromatic rings. The molecule has 3 aliphatic heterocycles. The van der Waals surface area contributed by atoms with Gasteiger partial charge in [0.05, 0.1) is 0 Å². The fraction of sp³-hybridized carbons (Fsp3) is 0.438. The van der Waals surface area contributed by atoms with Gasteiger partial charge in [0.15, 0.2) is 0 Å². The van der Waals surface area contributed by atoms with E-state index in [0.29, 0.717) is 12.0 Å². The standard InChI is InChI=1S/C16H19N3O/c20-16(13-1-2-14-12(9-13)3-6-17-14)18-15-10-19-7-4-11(15)5-8-19/h1-3,6,9,11,15,17H,4-5,7-8,10H2,(H,18,20)/t15-/m0/s1. The zero-order valence-electron chi connectivity index (χ0n) is 11.4. The van der Waals surface area contributed by atoms with E-state index in [1.54, 1.807) is 0 Å². The topological polar surface area (TPSA) is 48.1 Å². The molecule has 0 unspecified atom stereocenters. The van der Waals surface area contributed by atoms with Crippen LogP contribution in [0.1, 0.15) is 23.2 Å². The molecule has 104 valence electrons. The second-order valence-corrected chi connectivity index (χ2v) is 6.00. The molecule has 1 atom stereocenters. The summed E-state index contributed by atoms with van der Waals surface area (Å²) < 4.78 is 0. The van der Waals surface area contributed by atoms with Crippen molar-refractivity contribution in [2.45, 2.75) is 18.9 Å². The molecule has 1 amide bonds. The van der Waals surface area contributed by atoms with Crippen LogP contribution in [-0.4, -0.2) is 41.5 Å². The van der Waals surface area contributed by atoms with Gasteiger partial charge in [-0.05, 0) is 56.1 Å². The third kappa shape index (κ3) is 2.00. The molecule has 2 bridgehead atoms. The zero-order chi connectivity index (χ0) is 13.5. The van der Waals surface area contributed by atoms with Gasteiger partial charge in [-0.15, -0.1) is 0 Å². The van der Waals surface area contributed by atoms with Crippen LogP contribution in [0.3, 0.4) is 0 Å². The Bertz CT molecular complexity index is 640. The highest BCUT2D eigenvalue weighted by Gasteiger charge is 2.34. The van der Waals surface area contributed by atoms with Gasteiger partial charge in [0, 0.05) is 35.2 Å². The maximum absolute atomic E-state index is 12.4. The summed E-state index contributed by atoms with van der Waals surface area (Å²) in [7, 11) is 0. The van der Waals surface area contributed by atoms with Gasteiger partial charge in [0.25, 0.3) is 5.91 Å². The number of benzene rings is 1. The minimum absolute atomic E-state index is 0.0619. The second-order valence-electron chi connectivity index (χ2n) is 6.00. The van der Waals surface area contributed by atoms with Gasteiger partial charge in [-0.25, -0.2) is 0 Å². The first-order chi connectivity index (χ1) is 9.79. The summed E-state index contributed by atoms with van der Waals surface area (Å²) in [5, 5.41) is 4.32. The lowest BCUT2D eigenvalue weighted by Crippen LogP contribution is -2.57. The first-order valence-electron chi connectivity index (χ1n) is 7.40. The number of carbonyl (C=O) groups excluding carboxylic acids is 1. The van der Waals surface area contributed by atoms with E-state index in [4.69, 9.17) is 0 Å². The predicted molar refractivity (Wildman–Crippen MR) is 78.7 cm³/mol. The Kier molecular flexibility index (Phi) is 2.77. The number of nitrogens with zero attached hydrogens (tertiary/aromatic N) is 1. The molecule has 1 aromatic heterocycles. The SMILES string of the molecule is O=C(N[C@H]1CN2CCC1CC2)c1ccc2[nH]ccc2c1. The van der Waals surface area contributed by atoms with E-state index in [9.17, 15) is 4.79 Å². The molecular weight excluding hydrogens is 250 g/mol. The molecule has 0 saturated carbocycles. The first-order valence-corrected chi connectivity index (χ1v) is 7.40. The molecule has 0 spiro atoms. The van der Waals surface area contributed by atoms with E-state index in [2.05, 4.69) is 15.2 Å². The molecule has 5 rings (SSSR count). The number of hydrogen-bond donors (Lipinski definition) is 2. The number of rotatable bonds is 2. The highest BCUT2D eigenvalue weighted by atomic mass is 16.1. The van der Waals surface area contributed by atoms with E-state index >= 15 is 0 Å². The number of aromatic amines is 1. The molecule has 3 saturated heterocycles. The Morgan fingerprint density at radius 3 is 2.85 bits per heavy atom. The Morgan fingerprint density at radius 1 is 1.25 bits per heavy atom. The fourth-order valence-electron chi connectivity index (χ4n) is 3.57. The minimum atomic E-state index is 0.0619. The van der Waals surface area contributed by atoms with Crippen molar-refractivity contribution in [3.63, 3.8) is 0 Å². The maximum atomic E-state index is 12.4. The molecule has 0 radical (unpaired) electrons. The normalized spacial score (nSPS) is 28.7. The summed E-state index contributed by atoms with van der Waals surface area (Å²) in [5.74, 6) is 0.729. The number of carbonyl (C=O) groups is 1. The number of fused-ring (bicyclic) bond motifs is 4. The lowest BCUT2D eigenvalue weighted by Gasteiger charge is -2.44. The fourth-order valence-corrected chi connectivity index (χ4v) is 3.57. The monoisotopic (exact) mass is 269 g/mol. The highest BCUT2D eigenvalue weighted by molar-refractivity contribution is 5.98. The summed E-state index contributed by atoms with van der Waals surface area (Å²) in [6.45, 7) is 3.42. The lowest BCUT2D eigenvalue weighted by atomic mass is 9.84. The molecule has 0 aliphatic carbocycles. The third-order valence-corrected chi connectivity index (χ3v) is 4.79. The molecule has 1 aromatic carbocycles. The average molecular weight is 269 g/mol. The number of nitrogens with one attached hydrogen (secondary N) is 2. The lowest BCUT2D eigenvalue weighted by molar-refractivity contribution is 0.0620. The van der Waals surface area contributed by atoms with Crippen LogP contribution in [0.5, 0.6) is 0 Å². The quantitative estimate of drug-likeness (QED) is 0.876. The summed E-state index contributed by atoms with van der Waals surface area (Å²) in [6, 6.07) is 8.16. The number of piperidine rings is 3. The molecule has 4 heteroatoms. The van der Waals surface area contributed by atoms with Gasteiger partial charge < -0.3 is 15.2 Å². The number of H-pyrrole nitrogens is 1. The summed E-state index contributed by atoms with van der Waals surface area (Å²) >= 11 is 0. The van der Waals surface area contributed by atoms with Gasteiger partial charge >= 0.3 is 0 Å². The van der Waals surface area contributed by atoms with Gasteiger partial charge in [0.1, 0.15) is 0 Å². The summed E-state index contributed by atoms with van der Waals surface area (Å²) in [5.41, 5.74) is 1.83. The van der Waals surface area contributed by atoms with E-state index in [1.807, 2.05) is 30.5 Å². The molecule has 20 heavy (non-hydrogen) atoms. The molecule has 4 heterocycles. The van der Waals surface area contributed by atoms with E-state index in [0.717, 1.165) is 23.0 Å². The van der Waals surface area contributed by atoms with Crippen LogP contribution in [0, 0.1) is 5.92 Å². The van der Waals surface area contributed by atoms with Gasteiger partial charge in [-0.2, -0.15) is 0 Å². The molecule has 4 nitrogen and oxygen atoms in total. The zero-order valence-corrected chi connectivity index (χ0v) is 11.4. The van der Waals surface area contributed by atoms with Crippen LogP contribution in [0.25, 0.3) is 10.9 Å². The van der Waals surface area contributed by atoms with E-state index in [1.165, 1.54) is 25.9 Å².